The molecular formula is C11H13ClN2OS. The number of hydrogen-bond acceptors (Lipinski definition) is 3. The minimum atomic E-state index is -0.679. The second-order valence-corrected chi connectivity index (χ2v) is 4.90. The normalized spacial score (nSPS) is 12.9. The quantitative estimate of drug-likeness (QED) is 0.913. The molecule has 86 valence electrons. The number of rotatable bonds is 4. The summed E-state index contributed by atoms with van der Waals surface area (Å²) in [6.45, 7) is 2.95. The van der Waals surface area contributed by atoms with Crippen molar-refractivity contribution in [1.82, 2.24) is 9.55 Å². The molecule has 1 atom stereocenters. The van der Waals surface area contributed by atoms with Crippen LogP contribution in [0.1, 0.15) is 30.0 Å². The third-order valence-corrected chi connectivity index (χ3v) is 3.79. The molecule has 0 aromatic carbocycles. The van der Waals surface area contributed by atoms with Crippen LogP contribution in [0.2, 0.25) is 5.02 Å². The van der Waals surface area contributed by atoms with E-state index in [0.29, 0.717) is 5.02 Å². The lowest BCUT2D eigenvalue weighted by Gasteiger charge is -2.12. The summed E-state index contributed by atoms with van der Waals surface area (Å²) in [7, 11) is 0. The molecular weight excluding hydrogens is 244 g/mol. The molecule has 3 nitrogen and oxygen atoms in total. The van der Waals surface area contributed by atoms with E-state index >= 15 is 0 Å². The lowest BCUT2D eigenvalue weighted by Crippen LogP contribution is -2.07. The molecule has 2 aromatic heterocycles. The Morgan fingerprint density at radius 1 is 1.62 bits per heavy atom. The second-order valence-electron chi connectivity index (χ2n) is 3.55. The van der Waals surface area contributed by atoms with E-state index in [9.17, 15) is 5.11 Å². The topological polar surface area (TPSA) is 38.0 Å². The van der Waals surface area contributed by atoms with Crippen LogP contribution in [-0.2, 0) is 6.54 Å². The van der Waals surface area contributed by atoms with Gasteiger partial charge in [0.2, 0.25) is 0 Å². The van der Waals surface area contributed by atoms with Crippen LogP contribution in [0.15, 0.2) is 24.0 Å². The zero-order chi connectivity index (χ0) is 11.5. The zero-order valence-electron chi connectivity index (χ0n) is 8.93. The molecule has 2 heterocycles. The van der Waals surface area contributed by atoms with Crippen molar-refractivity contribution in [2.45, 2.75) is 26.0 Å². The highest BCUT2D eigenvalue weighted by Crippen LogP contribution is 2.32. The Morgan fingerprint density at radius 3 is 3.06 bits per heavy atom. The Labute approximate surface area is 103 Å². The van der Waals surface area contributed by atoms with Gasteiger partial charge in [0, 0.05) is 6.54 Å². The fourth-order valence-electron chi connectivity index (χ4n) is 1.62. The third-order valence-electron chi connectivity index (χ3n) is 2.38. The maximum atomic E-state index is 10.2. The molecule has 0 amide bonds. The van der Waals surface area contributed by atoms with Gasteiger partial charge in [-0.3, -0.25) is 0 Å². The molecule has 1 unspecified atom stereocenters. The van der Waals surface area contributed by atoms with Crippen LogP contribution in [0, 0.1) is 0 Å². The van der Waals surface area contributed by atoms with Crippen LogP contribution in [0.25, 0.3) is 0 Å². The highest BCUT2D eigenvalue weighted by atomic mass is 35.5. The van der Waals surface area contributed by atoms with Crippen molar-refractivity contribution in [2.24, 2.45) is 0 Å². The molecule has 0 saturated heterocycles. The zero-order valence-corrected chi connectivity index (χ0v) is 10.5. The van der Waals surface area contributed by atoms with E-state index in [0.717, 1.165) is 23.5 Å². The van der Waals surface area contributed by atoms with Gasteiger partial charge in [0.05, 0.1) is 28.1 Å². The van der Waals surface area contributed by atoms with Crippen molar-refractivity contribution < 1.29 is 5.11 Å². The van der Waals surface area contributed by atoms with Crippen LogP contribution >= 0.6 is 22.9 Å². The molecule has 2 rings (SSSR count). The van der Waals surface area contributed by atoms with Crippen LogP contribution in [0.5, 0.6) is 0 Å². The summed E-state index contributed by atoms with van der Waals surface area (Å²) in [5, 5.41) is 12.7. The number of halogens is 1. The number of nitrogens with zero attached hydrogens (tertiary/aromatic N) is 2. The number of aryl methyl sites for hydroxylation is 1. The maximum Gasteiger partial charge on any atom is 0.131 e. The van der Waals surface area contributed by atoms with Crippen molar-refractivity contribution in [2.75, 3.05) is 0 Å². The standard InChI is InChI=1S/C11H13ClN2OS/c1-2-4-14-7-13-6-9(14)10(15)11-8(12)3-5-16-11/h3,5-7,10,15H,2,4H2,1H3. The summed E-state index contributed by atoms with van der Waals surface area (Å²) in [6, 6.07) is 1.80. The number of aliphatic hydroxyl groups is 1. The average molecular weight is 257 g/mol. The number of aliphatic hydroxyl groups excluding tert-OH is 1. The van der Waals surface area contributed by atoms with Crippen molar-refractivity contribution in [1.29, 1.82) is 0 Å². The van der Waals surface area contributed by atoms with Crippen molar-refractivity contribution >= 4 is 22.9 Å². The van der Waals surface area contributed by atoms with Gasteiger partial charge in [-0.15, -0.1) is 11.3 Å². The largest absolute Gasteiger partial charge is 0.381 e. The van der Waals surface area contributed by atoms with Crippen molar-refractivity contribution in [3.8, 4) is 0 Å². The van der Waals surface area contributed by atoms with Crippen LogP contribution in [0.4, 0.5) is 0 Å². The number of hydrogen-bond donors (Lipinski definition) is 1. The van der Waals surface area contributed by atoms with Gasteiger partial charge in [-0.25, -0.2) is 4.98 Å². The lowest BCUT2D eigenvalue weighted by molar-refractivity contribution is 0.213. The second kappa shape index (κ2) is 4.99. The Hall–Kier alpha value is -0.840. The minimum absolute atomic E-state index is 0.613. The number of thiophene rings is 1. The third kappa shape index (κ3) is 2.14. The predicted molar refractivity (Wildman–Crippen MR) is 65.9 cm³/mol. The van der Waals surface area contributed by atoms with Crippen LogP contribution in [0.3, 0.4) is 0 Å². The van der Waals surface area contributed by atoms with Crippen molar-refractivity contribution in [3.63, 3.8) is 0 Å². The molecule has 0 fully saturated rings. The molecule has 0 bridgehead atoms. The number of imidazole rings is 1. The Morgan fingerprint density at radius 2 is 2.44 bits per heavy atom. The van der Waals surface area contributed by atoms with E-state index < -0.39 is 6.10 Å². The Balaban J connectivity index is 2.30. The van der Waals surface area contributed by atoms with Crippen molar-refractivity contribution in [3.05, 3.63) is 39.6 Å². The first-order chi connectivity index (χ1) is 7.74. The minimum Gasteiger partial charge on any atom is -0.381 e. The smallest absolute Gasteiger partial charge is 0.131 e. The Bertz CT molecular complexity index is 466. The summed E-state index contributed by atoms with van der Waals surface area (Å²) >= 11 is 7.46. The molecule has 0 spiro atoms. The van der Waals surface area contributed by atoms with Gasteiger partial charge in [0.1, 0.15) is 6.10 Å². The molecule has 0 saturated carbocycles. The molecule has 0 aliphatic carbocycles. The summed E-state index contributed by atoms with van der Waals surface area (Å²) in [6.07, 6.45) is 3.76. The summed E-state index contributed by atoms with van der Waals surface area (Å²) in [4.78, 5) is 4.84. The van der Waals surface area contributed by atoms with Gasteiger partial charge >= 0.3 is 0 Å². The molecule has 16 heavy (non-hydrogen) atoms. The maximum absolute atomic E-state index is 10.2. The first kappa shape index (κ1) is 11.6. The average Bonchev–Trinajstić information content (AvgIpc) is 2.87. The monoisotopic (exact) mass is 256 g/mol. The fourth-order valence-corrected chi connectivity index (χ4v) is 2.78. The fraction of sp³-hybridized carbons (Fsp3) is 0.364. The molecule has 0 radical (unpaired) electrons. The van der Waals surface area contributed by atoms with Gasteiger partial charge in [-0.2, -0.15) is 0 Å². The molecule has 5 heteroatoms. The summed E-state index contributed by atoms with van der Waals surface area (Å²) in [5.74, 6) is 0. The van der Waals surface area contributed by atoms with Gasteiger partial charge < -0.3 is 9.67 Å². The predicted octanol–water partition coefficient (Wildman–Crippen LogP) is 3.09. The van der Waals surface area contributed by atoms with Gasteiger partial charge in [0.25, 0.3) is 0 Å². The van der Waals surface area contributed by atoms with E-state index in [2.05, 4.69) is 11.9 Å². The van der Waals surface area contributed by atoms with E-state index in [1.54, 1.807) is 18.6 Å². The van der Waals surface area contributed by atoms with Crippen LogP contribution in [-0.4, -0.2) is 14.7 Å². The number of aromatic nitrogens is 2. The first-order valence-electron chi connectivity index (χ1n) is 5.15. The molecule has 0 aliphatic rings. The van der Waals surface area contributed by atoms with E-state index in [1.807, 2.05) is 9.95 Å². The summed E-state index contributed by atoms with van der Waals surface area (Å²) in [5.41, 5.74) is 0.797. The summed E-state index contributed by atoms with van der Waals surface area (Å²) < 4.78 is 1.96. The van der Waals surface area contributed by atoms with E-state index in [1.165, 1.54) is 11.3 Å². The van der Waals surface area contributed by atoms with E-state index in [-0.39, 0.29) is 0 Å². The lowest BCUT2D eigenvalue weighted by atomic mass is 10.2. The SMILES string of the molecule is CCCn1cncc1C(O)c1sccc1Cl. The molecule has 0 aliphatic heterocycles. The van der Waals surface area contributed by atoms with Gasteiger partial charge in [-0.1, -0.05) is 18.5 Å². The highest BCUT2D eigenvalue weighted by Gasteiger charge is 2.18. The Kier molecular flexibility index (Phi) is 3.63. The molecule has 1 N–H and O–H groups in total. The first-order valence-corrected chi connectivity index (χ1v) is 6.40. The van der Waals surface area contributed by atoms with Crippen LogP contribution < -0.4 is 0 Å². The molecule has 2 aromatic rings. The van der Waals surface area contributed by atoms with Gasteiger partial charge in [-0.05, 0) is 17.9 Å². The van der Waals surface area contributed by atoms with Gasteiger partial charge in [0.15, 0.2) is 0 Å². The highest BCUT2D eigenvalue weighted by molar-refractivity contribution is 7.10. The van der Waals surface area contributed by atoms with E-state index in [4.69, 9.17) is 11.6 Å².